The summed E-state index contributed by atoms with van der Waals surface area (Å²) in [6, 6.07) is 22.8. The molecule has 0 aliphatic heterocycles. The Morgan fingerprint density at radius 2 is 1.69 bits per heavy atom. The number of para-hydroxylation sites is 1. The topological polar surface area (TPSA) is 69.9 Å². The Hall–Kier alpha value is -3.93. The minimum atomic E-state index is -0.519. The van der Waals surface area contributed by atoms with Crippen LogP contribution >= 0.6 is 0 Å². The number of pyridine rings is 1. The van der Waals surface area contributed by atoms with Gasteiger partial charge in [0.05, 0.1) is 11.3 Å². The predicted molar refractivity (Wildman–Crippen MR) is 108 cm³/mol. The van der Waals surface area contributed by atoms with E-state index in [1.165, 1.54) is 10.5 Å². The second-order valence-corrected chi connectivity index (χ2v) is 6.47. The number of aryl methyl sites for hydroxylation is 1. The van der Waals surface area contributed by atoms with Crippen molar-refractivity contribution in [3.63, 3.8) is 0 Å². The van der Waals surface area contributed by atoms with Crippen molar-refractivity contribution in [3.8, 4) is 11.5 Å². The summed E-state index contributed by atoms with van der Waals surface area (Å²) in [6.07, 6.45) is 0. The fraction of sp³-hybridized carbons (Fsp3) is 0.0870. The van der Waals surface area contributed by atoms with Crippen molar-refractivity contribution < 1.29 is 14.3 Å². The fourth-order valence-corrected chi connectivity index (χ4v) is 2.97. The predicted octanol–water partition coefficient (Wildman–Crippen LogP) is 4.15. The molecule has 0 saturated heterocycles. The highest BCUT2D eigenvalue weighted by Crippen LogP contribution is 2.22. The number of esters is 1. The van der Waals surface area contributed by atoms with Gasteiger partial charge in [0, 0.05) is 11.8 Å². The molecule has 4 aromatic rings. The maximum atomic E-state index is 12.4. The lowest BCUT2D eigenvalue weighted by Gasteiger charge is -2.09. The molecule has 6 heteroatoms. The van der Waals surface area contributed by atoms with Crippen LogP contribution in [0.15, 0.2) is 83.7 Å². The minimum absolute atomic E-state index is 0.0950. The van der Waals surface area contributed by atoms with Crippen LogP contribution in [0.4, 0.5) is 0 Å². The molecule has 2 aromatic heterocycles. The summed E-state index contributed by atoms with van der Waals surface area (Å²) in [5, 5.41) is 0. The third kappa shape index (κ3) is 4.16. The number of carbonyl (C=O) groups excluding carboxylic acids is 1. The molecule has 2 heterocycles. The first kappa shape index (κ1) is 18.4. The van der Waals surface area contributed by atoms with Crippen molar-refractivity contribution in [2.24, 2.45) is 0 Å². The van der Waals surface area contributed by atoms with Crippen LogP contribution in [0.2, 0.25) is 0 Å². The van der Waals surface area contributed by atoms with Crippen LogP contribution in [0.25, 0.3) is 5.65 Å². The van der Waals surface area contributed by atoms with Crippen molar-refractivity contribution in [1.29, 1.82) is 0 Å². The molecule has 0 aliphatic carbocycles. The van der Waals surface area contributed by atoms with Crippen LogP contribution in [0, 0.1) is 6.92 Å². The summed E-state index contributed by atoms with van der Waals surface area (Å²) in [4.78, 5) is 29.2. The van der Waals surface area contributed by atoms with Crippen molar-refractivity contribution >= 4 is 11.6 Å². The van der Waals surface area contributed by atoms with Gasteiger partial charge in [-0.3, -0.25) is 9.20 Å². The molecular formula is C23H18N2O4. The standard InChI is InChI=1S/C23H18N2O4/c1-16-7-5-12-21-24-18(14-22(26)25(16)21)15-28-23(27)17-8-6-11-20(13-17)29-19-9-3-2-4-10-19/h2-14H,15H2,1H3. The van der Waals surface area contributed by atoms with Gasteiger partial charge >= 0.3 is 5.97 Å². The molecule has 0 spiro atoms. The summed E-state index contributed by atoms with van der Waals surface area (Å²) in [5.74, 6) is 0.687. The van der Waals surface area contributed by atoms with Gasteiger partial charge in [0.2, 0.25) is 0 Å². The van der Waals surface area contributed by atoms with Gasteiger partial charge in [0.25, 0.3) is 5.56 Å². The molecule has 0 aliphatic rings. The first-order chi connectivity index (χ1) is 14.1. The fourth-order valence-electron chi connectivity index (χ4n) is 2.97. The monoisotopic (exact) mass is 386 g/mol. The second kappa shape index (κ2) is 7.98. The molecular weight excluding hydrogens is 368 g/mol. The van der Waals surface area contributed by atoms with Gasteiger partial charge < -0.3 is 9.47 Å². The zero-order valence-corrected chi connectivity index (χ0v) is 15.7. The smallest absolute Gasteiger partial charge is 0.338 e. The lowest BCUT2D eigenvalue weighted by Crippen LogP contribution is -2.18. The number of rotatable bonds is 5. The van der Waals surface area contributed by atoms with E-state index in [1.54, 1.807) is 30.3 Å². The quantitative estimate of drug-likeness (QED) is 0.482. The van der Waals surface area contributed by atoms with Gasteiger partial charge in [-0.25, -0.2) is 9.78 Å². The summed E-state index contributed by atoms with van der Waals surface area (Å²) in [6.45, 7) is 1.74. The Kier molecular flexibility index (Phi) is 5.07. The Bertz CT molecular complexity index is 1230. The summed E-state index contributed by atoms with van der Waals surface area (Å²) >= 11 is 0. The molecule has 0 unspecified atom stereocenters. The molecule has 2 aromatic carbocycles. The molecule has 0 bridgehead atoms. The Morgan fingerprint density at radius 1 is 0.931 bits per heavy atom. The van der Waals surface area contributed by atoms with E-state index in [2.05, 4.69) is 4.98 Å². The second-order valence-electron chi connectivity index (χ2n) is 6.47. The molecule has 0 radical (unpaired) electrons. The number of nitrogens with zero attached hydrogens (tertiary/aromatic N) is 2. The normalized spacial score (nSPS) is 10.7. The highest BCUT2D eigenvalue weighted by atomic mass is 16.5. The average molecular weight is 386 g/mol. The van der Waals surface area contributed by atoms with E-state index in [1.807, 2.05) is 49.4 Å². The van der Waals surface area contributed by atoms with Gasteiger partial charge in [0.1, 0.15) is 23.8 Å². The van der Waals surface area contributed by atoms with E-state index in [-0.39, 0.29) is 12.2 Å². The van der Waals surface area contributed by atoms with Crippen molar-refractivity contribution in [3.05, 3.63) is 106 Å². The third-order valence-corrected chi connectivity index (χ3v) is 4.33. The van der Waals surface area contributed by atoms with E-state index in [0.29, 0.717) is 28.4 Å². The molecule has 0 N–H and O–H groups in total. The lowest BCUT2D eigenvalue weighted by atomic mass is 10.2. The number of hydrogen-bond acceptors (Lipinski definition) is 5. The van der Waals surface area contributed by atoms with Crippen LogP contribution in [-0.4, -0.2) is 15.4 Å². The summed E-state index contributed by atoms with van der Waals surface area (Å²) < 4.78 is 12.6. The van der Waals surface area contributed by atoms with Gasteiger partial charge in [-0.2, -0.15) is 0 Å². The maximum Gasteiger partial charge on any atom is 0.338 e. The molecule has 0 fully saturated rings. The van der Waals surface area contributed by atoms with Crippen LogP contribution in [0.5, 0.6) is 11.5 Å². The van der Waals surface area contributed by atoms with Gasteiger partial charge in [0.15, 0.2) is 0 Å². The van der Waals surface area contributed by atoms with E-state index in [4.69, 9.17) is 9.47 Å². The van der Waals surface area contributed by atoms with Crippen LogP contribution in [0.1, 0.15) is 21.7 Å². The molecule has 144 valence electrons. The number of benzene rings is 2. The molecule has 0 atom stereocenters. The van der Waals surface area contributed by atoms with Crippen molar-refractivity contribution in [1.82, 2.24) is 9.38 Å². The molecule has 0 saturated carbocycles. The Morgan fingerprint density at radius 3 is 2.52 bits per heavy atom. The Labute approximate surface area is 167 Å². The van der Waals surface area contributed by atoms with E-state index >= 15 is 0 Å². The number of ether oxygens (including phenoxy) is 2. The first-order valence-corrected chi connectivity index (χ1v) is 9.08. The lowest BCUT2D eigenvalue weighted by molar-refractivity contribution is 0.0467. The van der Waals surface area contributed by atoms with Gasteiger partial charge in [-0.1, -0.05) is 30.3 Å². The molecule has 0 amide bonds. The van der Waals surface area contributed by atoms with Gasteiger partial charge in [-0.05, 0) is 49.4 Å². The minimum Gasteiger partial charge on any atom is -0.457 e. The van der Waals surface area contributed by atoms with E-state index in [0.717, 1.165) is 5.69 Å². The zero-order chi connectivity index (χ0) is 20.2. The third-order valence-electron chi connectivity index (χ3n) is 4.33. The van der Waals surface area contributed by atoms with E-state index in [9.17, 15) is 9.59 Å². The highest BCUT2D eigenvalue weighted by Gasteiger charge is 2.11. The van der Waals surface area contributed by atoms with E-state index < -0.39 is 5.97 Å². The van der Waals surface area contributed by atoms with Gasteiger partial charge in [-0.15, -0.1) is 0 Å². The number of hydrogen-bond donors (Lipinski definition) is 0. The Balaban J connectivity index is 1.48. The number of aromatic nitrogens is 2. The largest absolute Gasteiger partial charge is 0.457 e. The molecule has 4 rings (SSSR count). The molecule has 6 nitrogen and oxygen atoms in total. The number of carbonyl (C=O) groups is 1. The van der Waals surface area contributed by atoms with Crippen molar-refractivity contribution in [2.45, 2.75) is 13.5 Å². The molecule has 29 heavy (non-hydrogen) atoms. The average Bonchev–Trinajstić information content (AvgIpc) is 2.73. The van der Waals surface area contributed by atoms with Crippen LogP contribution in [0.3, 0.4) is 0 Å². The van der Waals surface area contributed by atoms with Crippen LogP contribution in [-0.2, 0) is 11.3 Å². The number of fused-ring (bicyclic) bond motifs is 1. The maximum absolute atomic E-state index is 12.4. The zero-order valence-electron chi connectivity index (χ0n) is 15.7. The van der Waals surface area contributed by atoms with Crippen molar-refractivity contribution in [2.75, 3.05) is 0 Å². The first-order valence-electron chi connectivity index (χ1n) is 9.08. The highest BCUT2D eigenvalue weighted by molar-refractivity contribution is 5.89. The van der Waals surface area contributed by atoms with Crippen LogP contribution < -0.4 is 10.3 Å². The summed E-state index contributed by atoms with van der Waals surface area (Å²) in [7, 11) is 0. The summed E-state index contributed by atoms with van der Waals surface area (Å²) in [5.41, 5.74) is 1.84. The SMILES string of the molecule is Cc1cccc2nc(COC(=O)c3cccc(Oc4ccccc4)c3)cc(=O)n12.